The number of hydrogen-bond acceptors (Lipinski definition) is 5. The van der Waals surface area contributed by atoms with Gasteiger partial charge in [0.05, 0.1) is 4.88 Å². The third kappa shape index (κ3) is 2.94. The summed E-state index contributed by atoms with van der Waals surface area (Å²) in [5.41, 5.74) is 3.88. The number of hydrogen-bond donors (Lipinski definition) is 0. The summed E-state index contributed by atoms with van der Waals surface area (Å²) < 4.78 is 5.67. The first-order chi connectivity index (χ1) is 9.72. The van der Waals surface area contributed by atoms with Crippen molar-refractivity contribution < 1.29 is 4.42 Å². The molecule has 0 aliphatic rings. The number of nitrogens with zero attached hydrogens (tertiary/aromatic N) is 2. The van der Waals surface area contributed by atoms with Crippen molar-refractivity contribution in [1.29, 1.82) is 0 Å². The summed E-state index contributed by atoms with van der Waals surface area (Å²) in [5.74, 6) is 1.45. The van der Waals surface area contributed by atoms with E-state index in [2.05, 4.69) is 42.2 Å². The van der Waals surface area contributed by atoms with Crippen molar-refractivity contribution in [1.82, 2.24) is 10.2 Å². The molecule has 0 radical (unpaired) electrons. The lowest BCUT2D eigenvalue weighted by atomic mass is 10.1. The van der Waals surface area contributed by atoms with Gasteiger partial charge < -0.3 is 4.42 Å². The lowest BCUT2D eigenvalue weighted by molar-refractivity contribution is 0.466. The highest BCUT2D eigenvalue weighted by atomic mass is 32.2. The monoisotopic (exact) mass is 302 g/mol. The van der Waals surface area contributed by atoms with Gasteiger partial charge in [0.2, 0.25) is 0 Å². The second kappa shape index (κ2) is 5.81. The summed E-state index contributed by atoms with van der Waals surface area (Å²) >= 11 is 3.18. The van der Waals surface area contributed by atoms with Gasteiger partial charge in [-0.2, -0.15) is 0 Å². The molecule has 2 heterocycles. The average molecular weight is 302 g/mol. The van der Waals surface area contributed by atoms with Gasteiger partial charge in [-0.05, 0) is 36.4 Å². The number of aromatic nitrogens is 2. The molecule has 102 valence electrons. The first-order valence-corrected chi connectivity index (χ1v) is 8.15. The molecule has 2 aromatic heterocycles. The Hall–Kier alpha value is -1.59. The number of thioether (sulfide) groups is 1. The molecule has 0 amide bonds. The fraction of sp³-hybridized carbons (Fsp3) is 0.200. The molecule has 20 heavy (non-hydrogen) atoms. The van der Waals surface area contributed by atoms with Gasteiger partial charge in [0, 0.05) is 5.75 Å². The van der Waals surface area contributed by atoms with Crippen LogP contribution >= 0.6 is 23.1 Å². The van der Waals surface area contributed by atoms with E-state index in [9.17, 15) is 0 Å². The predicted octanol–water partition coefficient (Wildman–Crippen LogP) is 4.71. The van der Waals surface area contributed by atoms with Crippen LogP contribution < -0.4 is 0 Å². The van der Waals surface area contributed by atoms with E-state index in [1.54, 1.807) is 23.1 Å². The fourth-order valence-corrected chi connectivity index (χ4v) is 3.33. The Kier molecular flexibility index (Phi) is 3.89. The zero-order valence-corrected chi connectivity index (χ0v) is 12.9. The molecule has 0 aliphatic carbocycles. The summed E-state index contributed by atoms with van der Waals surface area (Å²) in [6.07, 6.45) is 0. The second-order valence-electron chi connectivity index (χ2n) is 4.57. The van der Waals surface area contributed by atoms with E-state index in [1.807, 2.05) is 17.5 Å². The zero-order chi connectivity index (χ0) is 13.9. The quantitative estimate of drug-likeness (QED) is 0.654. The third-order valence-electron chi connectivity index (χ3n) is 2.99. The van der Waals surface area contributed by atoms with E-state index in [0.29, 0.717) is 11.1 Å². The van der Waals surface area contributed by atoms with E-state index >= 15 is 0 Å². The van der Waals surface area contributed by atoms with Crippen molar-refractivity contribution in [3.8, 4) is 10.8 Å². The lowest BCUT2D eigenvalue weighted by Crippen LogP contribution is -1.87. The summed E-state index contributed by atoms with van der Waals surface area (Å²) in [4.78, 5) is 1.01. The summed E-state index contributed by atoms with van der Waals surface area (Å²) in [6.45, 7) is 4.23. The highest BCUT2D eigenvalue weighted by Gasteiger charge is 2.10. The molecule has 0 bridgehead atoms. The summed E-state index contributed by atoms with van der Waals surface area (Å²) in [6, 6.07) is 10.4. The van der Waals surface area contributed by atoms with Crippen LogP contribution in [0.1, 0.15) is 16.7 Å². The predicted molar refractivity (Wildman–Crippen MR) is 83.1 cm³/mol. The summed E-state index contributed by atoms with van der Waals surface area (Å²) in [5, 5.41) is 10.8. The van der Waals surface area contributed by atoms with Gasteiger partial charge in [0.25, 0.3) is 11.1 Å². The van der Waals surface area contributed by atoms with Crippen LogP contribution in [0.3, 0.4) is 0 Å². The van der Waals surface area contributed by atoms with E-state index in [-0.39, 0.29) is 0 Å². The Balaban J connectivity index is 1.71. The second-order valence-corrected chi connectivity index (χ2v) is 6.44. The zero-order valence-electron chi connectivity index (χ0n) is 11.3. The topological polar surface area (TPSA) is 38.9 Å². The van der Waals surface area contributed by atoms with Crippen molar-refractivity contribution in [3.63, 3.8) is 0 Å². The fourth-order valence-electron chi connectivity index (χ4n) is 1.86. The molecule has 0 unspecified atom stereocenters. The van der Waals surface area contributed by atoms with Gasteiger partial charge >= 0.3 is 0 Å². The molecule has 3 rings (SSSR count). The minimum Gasteiger partial charge on any atom is -0.410 e. The number of rotatable bonds is 4. The van der Waals surface area contributed by atoms with Gasteiger partial charge in [-0.25, -0.2) is 0 Å². The highest BCUT2D eigenvalue weighted by molar-refractivity contribution is 7.98. The Morgan fingerprint density at radius 3 is 2.90 bits per heavy atom. The molecule has 0 saturated heterocycles. The first kappa shape index (κ1) is 13.4. The van der Waals surface area contributed by atoms with Crippen molar-refractivity contribution in [3.05, 3.63) is 52.4 Å². The number of aryl methyl sites for hydroxylation is 2. The van der Waals surface area contributed by atoms with E-state index in [4.69, 9.17) is 4.42 Å². The maximum Gasteiger partial charge on any atom is 0.277 e. The van der Waals surface area contributed by atoms with E-state index in [1.165, 1.54) is 16.7 Å². The van der Waals surface area contributed by atoms with Crippen molar-refractivity contribution in [2.24, 2.45) is 0 Å². The van der Waals surface area contributed by atoms with E-state index < -0.39 is 0 Å². The molecule has 5 heteroatoms. The Morgan fingerprint density at radius 2 is 2.10 bits per heavy atom. The number of benzene rings is 1. The maximum atomic E-state index is 5.67. The van der Waals surface area contributed by atoms with Gasteiger partial charge in [0.1, 0.15) is 0 Å². The van der Waals surface area contributed by atoms with Gasteiger partial charge in [-0.1, -0.05) is 41.6 Å². The largest absolute Gasteiger partial charge is 0.410 e. The van der Waals surface area contributed by atoms with Crippen LogP contribution in [0.15, 0.2) is 45.4 Å². The standard InChI is InChI=1S/C15H14N2OS2/c1-10-5-6-11(2)12(8-10)9-20-15-17-16-14(18-15)13-4-3-7-19-13/h3-8H,9H2,1-2H3. The molecule has 0 atom stereocenters. The molecule has 0 saturated carbocycles. The molecule has 0 fully saturated rings. The molecule has 0 N–H and O–H groups in total. The van der Waals surface area contributed by atoms with Crippen molar-refractivity contribution in [2.45, 2.75) is 24.8 Å². The smallest absolute Gasteiger partial charge is 0.277 e. The van der Waals surface area contributed by atoms with Crippen LogP contribution in [0, 0.1) is 13.8 Å². The molecule has 0 spiro atoms. The molecule has 3 nitrogen and oxygen atoms in total. The number of thiophene rings is 1. The molecular formula is C15H14N2OS2. The minimum absolute atomic E-state index is 0.600. The Bertz CT molecular complexity index is 704. The highest BCUT2D eigenvalue weighted by Crippen LogP contribution is 2.28. The SMILES string of the molecule is Cc1ccc(C)c(CSc2nnc(-c3cccs3)o2)c1. The Morgan fingerprint density at radius 1 is 1.20 bits per heavy atom. The molecule has 3 aromatic rings. The molecule has 0 aliphatic heterocycles. The molecule has 1 aromatic carbocycles. The summed E-state index contributed by atoms with van der Waals surface area (Å²) in [7, 11) is 0. The lowest BCUT2D eigenvalue weighted by Gasteiger charge is -2.04. The van der Waals surface area contributed by atoms with Crippen LogP contribution in [0.25, 0.3) is 10.8 Å². The average Bonchev–Trinajstić information content (AvgIpc) is 3.09. The van der Waals surface area contributed by atoms with Crippen LogP contribution in [-0.2, 0) is 5.75 Å². The van der Waals surface area contributed by atoms with E-state index in [0.717, 1.165) is 10.6 Å². The Labute approximate surface area is 126 Å². The van der Waals surface area contributed by atoms with Crippen LogP contribution in [-0.4, -0.2) is 10.2 Å². The van der Waals surface area contributed by atoms with Crippen LogP contribution in [0.2, 0.25) is 0 Å². The third-order valence-corrected chi connectivity index (χ3v) is 4.72. The minimum atomic E-state index is 0.600. The first-order valence-electron chi connectivity index (χ1n) is 6.29. The molecular weight excluding hydrogens is 288 g/mol. The van der Waals surface area contributed by atoms with Gasteiger partial charge in [-0.3, -0.25) is 0 Å². The van der Waals surface area contributed by atoms with Gasteiger partial charge in [-0.15, -0.1) is 21.5 Å². The van der Waals surface area contributed by atoms with Crippen molar-refractivity contribution >= 4 is 23.1 Å². The van der Waals surface area contributed by atoms with Gasteiger partial charge in [0.15, 0.2) is 0 Å². The van der Waals surface area contributed by atoms with Crippen molar-refractivity contribution in [2.75, 3.05) is 0 Å². The van der Waals surface area contributed by atoms with Crippen LogP contribution in [0.5, 0.6) is 0 Å². The maximum absolute atomic E-state index is 5.67. The van der Waals surface area contributed by atoms with Crippen LogP contribution in [0.4, 0.5) is 0 Å². The normalized spacial score (nSPS) is 10.9.